The van der Waals surface area contributed by atoms with E-state index in [9.17, 15) is 14.0 Å². The third kappa shape index (κ3) is 3.54. The van der Waals surface area contributed by atoms with Crippen LogP contribution in [0.15, 0.2) is 23.3 Å². The number of ether oxygens (including phenoxy) is 1. The zero-order valence-electron chi connectivity index (χ0n) is 16.4. The van der Waals surface area contributed by atoms with Crippen LogP contribution in [0.5, 0.6) is 0 Å². The number of nitrogens with two attached hydrogens (primary N) is 1. The predicted molar refractivity (Wildman–Crippen MR) is 105 cm³/mol. The van der Waals surface area contributed by atoms with Crippen LogP contribution in [0.3, 0.4) is 0 Å². The lowest BCUT2D eigenvalue weighted by atomic mass is 10.1. The maximum Gasteiger partial charge on any atom is 0.414 e. The molecule has 1 aliphatic carbocycles. The van der Waals surface area contributed by atoms with Crippen molar-refractivity contribution < 1.29 is 18.7 Å². The highest BCUT2D eigenvalue weighted by atomic mass is 19.1. The second kappa shape index (κ2) is 7.41. The van der Waals surface area contributed by atoms with Crippen LogP contribution >= 0.6 is 0 Å². The van der Waals surface area contributed by atoms with Crippen molar-refractivity contribution in [2.24, 2.45) is 22.8 Å². The molecular formula is C19H25FN6O3. The molecule has 2 amide bonds. The lowest BCUT2D eigenvalue weighted by Gasteiger charge is -2.22. The number of hydrogen-bond donors (Lipinski definition) is 3. The Morgan fingerprint density at radius 2 is 2.07 bits per heavy atom. The van der Waals surface area contributed by atoms with Gasteiger partial charge in [-0.3, -0.25) is 9.69 Å². The number of nitrogens with one attached hydrogen (secondary N) is 2. The summed E-state index contributed by atoms with van der Waals surface area (Å²) in [5.74, 6) is 6.45. The number of cyclic esters (lactones) is 1. The molecule has 2 saturated heterocycles. The van der Waals surface area contributed by atoms with E-state index >= 15 is 0 Å². The van der Waals surface area contributed by atoms with Gasteiger partial charge in [-0.2, -0.15) is 0 Å². The van der Waals surface area contributed by atoms with Crippen molar-refractivity contribution in [1.29, 1.82) is 0 Å². The molecule has 4 atom stereocenters. The zero-order chi connectivity index (χ0) is 20.7. The summed E-state index contributed by atoms with van der Waals surface area (Å²) >= 11 is 0. The molecule has 156 valence electrons. The van der Waals surface area contributed by atoms with Gasteiger partial charge in [0.2, 0.25) is 11.9 Å². The molecule has 3 aliphatic rings. The highest BCUT2D eigenvalue weighted by Crippen LogP contribution is 2.58. The number of benzene rings is 1. The Morgan fingerprint density at radius 1 is 1.34 bits per heavy atom. The number of piperidine rings is 1. The first-order chi connectivity index (χ1) is 13.9. The van der Waals surface area contributed by atoms with Crippen molar-refractivity contribution in [3.05, 3.63) is 29.6 Å². The molecule has 0 aromatic heterocycles. The summed E-state index contributed by atoms with van der Waals surface area (Å²) in [6, 6.07) is 4.92. The monoisotopic (exact) mass is 404 g/mol. The minimum Gasteiger partial charge on any atom is -0.442 e. The first kappa shape index (κ1) is 19.3. The van der Waals surface area contributed by atoms with E-state index in [1.165, 1.54) is 17.9 Å². The Kier molecular flexibility index (Phi) is 4.93. The number of nitrogens with zero attached hydrogens (tertiary/aromatic N) is 3. The van der Waals surface area contributed by atoms with Crippen molar-refractivity contribution in [3.63, 3.8) is 0 Å². The van der Waals surface area contributed by atoms with Crippen LogP contribution in [-0.4, -0.2) is 62.2 Å². The summed E-state index contributed by atoms with van der Waals surface area (Å²) < 4.78 is 20.1. The molecule has 2 heterocycles. The van der Waals surface area contributed by atoms with E-state index in [-0.39, 0.29) is 30.7 Å². The summed E-state index contributed by atoms with van der Waals surface area (Å²) in [5, 5.41) is 9.33. The molecular weight excluding hydrogens is 379 g/mol. The van der Waals surface area contributed by atoms with Crippen LogP contribution in [0.1, 0.15) is 18.4 Å². The van der Waals surface area contributed by atoms with Crippen molar-refractivity contribution in [1.82, 2.24) is 15.5 Å². The van der Waals surface area contributed by atoms with Crippen LogP contribution in [0.4, 0.5) is 14.9 Å². The Labute approximate surface area is 168 Å². The van der Waals surface area contributed by atoms with Gasteiger partial charge < -0.3 is 26.1 Å². The van der Waals surface area contributed by atoms with E-state index in [0.717, 1.165) is 13.1 Å². The van der Waals surface area contributed by atoms with Crippen LogP contribution in [0, 0.1) is 17.7 Å². The molecule has 9 nitrogen and oxygen atoms in total. The summed E-state index contributed by atoms with van der Waals surface area (Å²) in [4.78, 5) is 26.6. The number of halogens is 1. The van der Waals surface area contributed by atoms with Crippen LogP contribution in [0.2, 0.25) is 0 Å². The largest absolute Gasteiger partial charge is 0.442 e. The Balaban J connectivity index is 1.40. The van der Waals surface area contributed by atoms with Crippen LogP contribution in [0.25, 0.3) is 0 Å². The fraction of sp³-hybridized carbons (Fsp3) is 0.526. The summed E-state index contributed by atoms with van der Waals surface area (Å²) in [5.41, 5.74) is 1.14. The molecule has 0 bridgehead atoms. The van der Waals surface area contributed by atoms with Gasteiger partial charge in [0.1, 0.15) is 11.9 Å². The van der Waals surface area contributed by atoms with Crippen molar-refractivity contribution >= 4 is 23.6 Å². The number of hydrogen-bond acceptors (Lipinski definition) is 5. The number of guanidine groups is 1. The maximum atomic E-state index is 14.9. The molecule has 3 fully saturated rings. The number of likely N-dealkylation sites (tertiary alicyclic amines) is 1. The molecule has 1 saturated carbocycles. The van der Waals surface area contributed by atoms with E-state index in [4.69, 9.17) is 10.6 Å². The Hall–Kier alpha value is -3.04. The third-order valence-corrected chi connectivity index (χ3v) is 5.95. The highest BCUT2D eigenvalue weighted by molar-refractivity contribution is 5.90. The minimum absolute atomic E-state index is 0.175. The Morgan fingerprint density at radius 3 is 2.66 bits per heavy atom. The number of amides is 2. The number of carbonyl (C=O) groups is 2. The summed E-state index contributed by atoms with van der Waals surface area (Å²) in [6.07, 6.45) is -0.986. The first-order valence-corrected chi connectivity index (χ1v) is 9.65. The van der Waals surface area contributed by atoms with Crippen LogP contribution < -0.4 is 21.4 Å². The van der Waals surface area contributed by atoms with Gasteiger partial charge in [0.05, 0.1) is 18.8 Å². The second-order valence-corrected chi connectivity index (χ2v) is 7.72. The van der Waals surface area contributed by atoms with Gasteiger partial charge in [-0.1, -0.05) is 6.07 Å². The smallest absolute Gasteiger partial charge is 0.414 e. The quantitative estimate of drug-likeness (QED) is 0.290. The molecule has 2 aliphatic heterocycles. The fourth-order valence-electron chi connectivity index (χ4n) is 4.52. The van der Waals surface area contributed by atoms with Gasteiger partial charge in [0, 0.05) is 27.1 Å². The standard InChI is InChI=1S/C19H25FN6O3/c1-10(27)23-6-12-7-26(19(28)29-12)11-3-4-13(16(20)5-11)17-14-8-25(9-15(14)17)18(22-2)24-21/h3-5,12,14-15,17H,6-9,21H2,1-2H3,(H,22,24)(H,23,27)/t12-,14-,15+,17+/m0/s1. The van der Waals surface area contributed by atoms with Gasteiger partial charge in [-0.25, -0.2) is 9.18 Å². The van der Waals surface area contributed by atoms with Crippen molar-refractivity contribution in [2.75, 3.05) is 38.1 Å². The lowest BCUT2D eigenvalue weighted by Crippen LogP contribution is -2.40. The zero-order valence-corrected chi connectivity index (χ0v) is 16.4. The molecule has 29 heavy (non-hydrogen) atoms. The predicted octanol–water partition coefficient (Wildman–Crippen LogP) is 0.381. The SMILES string of the molecule is CNC(=NN)N1C[C@@H]2[C@H](C1)[C@H]2c1ccc(N2C[C@H](CNC(C)=O)OC2=O)cc1F. The summed E-state index contributed by atoms with van der Waals surface area (Å²) in [6.45, 7) is 3.48. The molecule has 1 aromatic rings. The molecule has 1 aromatic carbocycles. The van der Waals surface area contributed by atoms with Gasteiger partial charge in [0.15, 0.2) is 0 Å². The molecule has 0 spiro atoms. The molecule has 4 rings (SSSR count). The molecule has 0 unspecified atom stereocenters. The van der Waals surface area contributed by atoms with E-state index in [0.29, 0.717) is 29.0 Å². The van der Waals surface area contributed by atoms with Gasteiger partial charge >= 0.3 is 6.09 Å². The second-order valence-electron chi connectivity index (χ2n) is 7.72. The maximum absolute atomic E-state index is 14.9. The lowest BCUT2D eigenvalue weighted by molar-refractivity contribution is -0.119. The van der Waals surface area contributed by atoms with Gasteiger partial charge in [-0.05, 0) is 35.4 Å². The van der Waals surface area contributed by atoms with E-state index < -0.39 is 12.2 Å². The number of carbonyl (C=O) groups excluding carboxylic acids is 2. The van der Waals surface area contributed by atoms with E-state index in [1.54, 1.807) is 19.2 Å². The van der Waals surface area contributed by atoms with E-state index in [1.807, 2.05) is 0 Å². The first-order valence-electron chi connectivity index (χ1n) is 9.65. The van der Waals surface area contributed by atoms with Gasteiger partial charge in [-0.15, -0.1) is 5.10 Å². The molecule has 4 N–H and O–H groups in total. The third-order valence-electron chi connectivity index (χ3n) is 5.95. The number of anilines is 1. The molecule has 0 radical (unpaired) electrons. The summed E-state index contributed by atoms with van der Waals surface area (Å²) in [7, 11) is 1.77. The average Bonchev–Trinajstić information content (AvgIpc) is 3.02. The normalized spacial score (nSPS) is 28.2. The van der Waals surface area contributed by atoms with Gasteiger partial charge in [0.25, 0.3) is 0 Å². The van der Waals surface area contributed by atoms with E-state index in [2.05, 4.69) is 20.6 Å². The Bertz CT molecular complexity index is 850. The minimum atomic E-state index is -0.535. The number of hydrazone groups is 1. The topological polar surface area (TPSA) is 112 Å². The van der Waals surface area contributed by atoms with Crippen LogP contribution in [-0.2, 0) is 9.53 Å². The number of rotatable bonds is 4. The van der Waals surface area contributed by atoms with Crippen molar-refractivity contribution in [3.8, 4) is 0 Å². The molecule has 10 heteroatoms. The highest BCUT2D eigenvalue weighted by Gasteiger charge is 2.57. The fourth-order valence-corrected chi connectivity index (χ4v) is 4.52. The average molecular weight is 404 g/mol. The number of fused-ring (bicyclic) bond motifs is 1. The van der Waals surface area contributed by atoms with Crippen molar-refractivity contribution in [2.45, 2.75) is 18.9 Å².